The second-order valence-electron chi connectivity index (χ2n) is 6.25. The Morgan fingerprint density at radius 1 is 0.867 bits per heavy atom. The van der Waals surface area contributed by atoms with Crippen molar-refractivity contribution in [3.05, 3.63) is 93.5 Å². The molecule has 0 fully saturated rings. The molecule has 3 aromatic carbocycles. The topological polar surface area (TPSA) is 43.4 Å². The molecule has 0 aliphatic rings. The molecule has 3 rings (SSSR count). The van der Waals surface area contributed by atoms with Crippen molar-refractivity contribution in [2.75, 3.05) is 6.61 Å². The number of benzene rings is 3. The molecular weight excluding hydrogens is 440 g/mol. The predicted octanol–water partition coefficient (Wildman–Crippen LogP) is 6.72. The summed E-state index contributed by atoms with van der Waals surface area (Å²) in [6.45, 7) is -0.530. The number of Topliss-reactive ketones (excluding diaryl/α,β-unsaturated/α-hetero) is 1. The summed E-state index contributed by atoms with van der Waals surface area (Å²) in [5.74, 6) is -1.26. The van der Waals surface area contributed by atoms with Gasteiger partial charge in [0.2, 0.25) is 0 Å². The number of halogens is 5. The van der Waals surface area contributed by atoms with Crippen LogP contribution >= 0.6 is 23.2 Å². The van der Waals surface area contributed by atoms with Crippen LogP contribution in [-0.2, 0) is 10.9 Å². The van der Waals surface area contributed by atoms with Gasteiger partial charge in [0.1, 0.15) is 0 Å². The van der Waals surface area contributed by atoms with E-state index in [0.717, 1.165) is 12.1 Å². The highest BCUT2D eigenvalue weighted by Crippen LogP contribution is 2.32. The van der Waals surface area contributed by atoms with E-state index in [9.17, 15) is 22.8 Å². The van der Waals surface area contributed by atoms with Crippen LogP contribution in [0, 0.1) is 0 Å². The second-order valence-corrected chi connectivity index (χ2v) is 7.06. The van der Waals surface area contributed by atoms with E-state index in [-0.39, 0.29) is 21.2 Å². The van der Waals surface area contributed by atoms with E-state index < -0.39 is 30.1 Å². The molecule has 8 heteroatoms. The highest BCUT2D eigenvalue weighted by Gasteiger charge is 2.30. The minimum Gasteiger partial charge on any atom is -0.454 e. The van der Waals surface area contributed by atoms with Crippen LogP contribution in [0.3, 0.4) is 0 Å². The molecule has 0 aliphatic carbocycles. The standard InChI is InChI=1S/C22H13Cl2F3O3/c23-18-10-7-14(11-19(18)24)20(28)12-30-21(29)17-4-2-1-3-16(17)13-5-8-15(9-6-13)22(25,26)27/h1-11H,12H2. The molecule has 3 nitrogen and oxygen atoms in total. The van der Waals surface area contributed by atoms with Gasteiger partial charge in [-0.05, 0) is 47.5 Å². The minimum atomic E-state index is -4.46. The van der Waals surface area contributed by atoms with Gasteiger partial charge in [-0.25, -0.2) is 4.79 Å². The molecule has 0 spiro atoms. The summed E-state index contributed by atoms with van der Waals surface area (Å²) < 4.78 is 43.4. The van der Waals surface area contributed by atoms with Crippen LogP contribution in [0.1, 0.15) is 26.3 Å². The molecular formula is C22H13Cl2F3O3. The zero-order chi connectivity index (χ0) is 21.9. The maximum Gasteiger partial charge on any atom is 0.416 e. The molecule has 0 atom stereocenters. The van der Waals surface area contributed by atoms with Gasteiger partial charge in [0.05, 0.1) is 21.2 Å². The highest BCUT2D eigenvalue weighted by atomic mass is 35.5. The lowest BCUT2D eigenvalue weighted by Gasteiger charge is -2.11. The van der Waals surface area contributed by atoms with E-state index in [2.05, 4.69) is 0 Å². The maximum atomic E-state index is 12.8. The van der Waals surface area contributed by atoms with Gasteiger partial charge >= 0.3 is 12.1 Å². The minimum absolute atomic E-state index is 0.124. The Morgan fingerprint density at radius 2 is 1.53 bits per heavy atom. The van der Waals surface area contributed by atoms with Gasteiger partial charge in [0.25, 0.3) is 0 Å². The normalized spacial score (nSPS) is 11.2. The third-order valence-corrected chi connectivity index (χ3v) is 4.99. The van der Waals surface area contributed by atoms with Gasteiger partial charge in [0.15, 0.2) is 12.4 Å². The van der Waals surface area contributed by atoms with Crippen LogP contribution in [0.15, 0.2) is 66.7 Å². The summed E-state index contributed by atoms with van der Waals surface area (Å²) in [6, 6.07) is 15.0. The van der Waals surface area contributed by atoms with Gasteiger partial charge in [0, 0.05) is 5.56 Å². The van der Waals surface area contributed by atoms with E-state index in [0.29, 0.717) is 11.1 Å². The molecule has 0 N–H and O–H groups in total. The van der Waals surface area contributed by atoms with Crippen molar-refractivity contribution in [3.63, 3.8) is 0 Å². The van der Waals surface area contributed by atoms with Gasteiger partial charge in [-0.1, -0.05) is 53.5 Å². The number of esters is 1. The number of rotatable bonds is 5. The lowest BCUT2D eigenvalue weighted by Crippen LogP contribution is -2.15. The fourth-order valence-electron chi connectivity index (χ4n) is 2.71. The average Bonchev–Trinajstić information content (AvgIpc) is 2.73. The van der Waals surface area contributed by atoms with Crippen LogP contribution < -0.4 is 0 Å². The Labute approximate surface area is 180 Å². The van der Waals surface area contributed by atoms with E-state index in [1.807, 2.05) is 0 Å². The van der Waals surface area contributed by atoms with Crippen molar-refractivity contribution >= 4 is 35.0 Å². The van der Waals surface area contributed by atoms with Crippen molar-refractivity contribution in [3.8, 4) is 11.1 Å². The molecule has 0 aromatic heterocycles. The second kappa shape index (κ2) is 8.90. The smallest absolute Gasteiger partial charge is 0.416 e. The molecule has 30 heavy (non-hydrogen) atoms. The molecule has 0 radical (unpaired) electrons. The number of hydrogen-bond acceptors (Lipinski definition) is 3. The van der Waals surface area contributed by atoms with Crippen LogP contribution in [0.2, 0.25) is 10.0 Å². The van der Waals surface area contributed by atoms with Gasteiger partial charge in [-0.3, -0.25) is 4.79 Å². The van der Waals surface area contributed by atoms with Crippen molar-refractivity contribution in [1.29, 1.82) is 0 Å². The SMILES string of the molecule is O=C(COC(=O)c1ccccc1-c1ccc(C(F)(F)F)cc1)c1ccc(Cl)c(Cl)c1. The van der Waals surface area contributed by atoms with Crippen LogP contribution in [0.25, 0.3) is 11.1 Å². The molecule has 0 bridgehead atoms. The number of hydrogen-bond donors (Lipinski definition) is 0. The van der Waals surface area contributed by atoms with Crippen LogP contribution in [-0.4, -0.2) is 18.4 Å². The Balaban J connectivity index is 1.77. The van der Waals surface area contributed by atoms with Crippen molar-refractivity contribution in [2.45, 2.75) is 6.18 Å². The van der Waals surface area contributed by atoms with Crippen molar-refractivity contribution in [2.24, 2.45) is 0 Å². The molecule has 0 heterocycles. The molecule has 0 unspecified atom stereocenters. The first kappa shape index (κ1) is 21.9. The van der Waals surface area contributed by atoms with Crippen LogP contribution in [0.4, 0.5) is 13.2 Å². The van der Waals surface area contributed by atoms with E-state index >= 15 is 0 Å². The summed E-state index contributed by atoms with van der Waals surface area (Å²) in [7, 11) is 0. The van der Waals surface area contributed by atoms with Gasteiger partial charge in [-0.15, -0.1) is 0 Å². The lowest BCUT2D eigenvalue weighted by molar-refractivity contribution is -0.137. The third kappa shape index (κ3) is 5.01. The molecule has 0 aliphatic heterocycles. The average molecular weight is 453 g/mol. The summed E-state index contributed by atoms with van der Waals surface area (Å²) in [4.78, 5) is 24.8. The zero-order valence-corrected chi connectivity index (χ0v) is 16.7. The number of alkyl halides is 3. The molecule has 0 saturated carbocycles. The summed E-state index contributed by atoms with van der Waals surface area (Å²) >= 11 is 11.7. The Bertz CT molecular complexity index is 1090. The first-order chi connectivity index (χ1) is 14.2. The zero-order valence-electron chi connectivity index (χ0n) is 15.2. The highest BCUT2D eigenvalue weighted by molar-refractivity contribution is 6.42. The summed E-state index contributed by atoms with van der Waals surface area (Å²) in [6.07, 6.45) is -4.46. The fourth-order valence-corrected chi connectivity index (χ4v) is 3.01. The van der Waals surface area contributed by atoms with Crippen LogP contribution in [0.5, 0.6) is 0 Å². The molecule has 0 saturated heterocycles. The van der Waals surface area contributed by atoms with E-state index in [4.69, 9.17) is 27.9 Å². The van der Waals surface area contributed by atoms with Crippen molar-refractivity contribution < 1.29 is 27.5 Å². The number of ether oxygens (including phenoxy) is 1. The summed E-state index contributed by atoms with van der Waals surface area (Å²) in [5, 5.41) is 0.483. The lowest BCUT2D eigenvalue weighted by atomic mass is 9.98. The number of carbonyl (C=O) groups is 2. The monoisotopic (exact) mass is 452 g/mol. The van der Waals surface area contributed by atoms with Crippen molar-refractivity contribution in [1.82, 2.24) is 0 Å². The Hall–Kier alpha value is -2.83. The number of ketones is 1. The molecule has 0 amide bonds. The largest absolute Gasteiger partial charge is 0.454 e. The fraction of sp³-hybridized carbons (Fsp3) is 0.0909. The van der Waals surface area contributed by atoms with E-state index in [1.165, 1.54) is 36.4 Å². The van der Waals surface area contributed by atoms with Gasteiger partial charge < -0.3 is 4.74 Å². The third-order valence-electron chi connectivity index (χ3n) is 4.25. The quantitative estimate of drug-likeness (QED) is 0.318. The first-order valence-corrected chi connectivity index (χ1v) is 9.34. The predicted molar refractivity (Wildman–Crippen MR) is 108 cm³/mol. The Kier molecular flexibility index (Phi) is 6.48. The molecule has 3 aromatic rings. The van der Waals surface area contributed by atoms with Gasteiger partial charge in [-0.2, -0.15) is 13.2 Å². The summed E-state index contributed by atoms with van der Waals surface area (Å²) in [5.41, 5.74) is 0.357. The number of carbonyl (C=O) groups excluding carboxylic acids is 2. The first-order valence-electron chi connectivity index (χ1n) is 8.59. The molecule has 154 valence electrons. The van der Waals surface area contributed by atoms with E-state index in [1.54, 1.807) is 18.2 Å². The maximum absolute atomic E-state index is 12.8. The Morgan fingerprint density at radius 3 is 2.17 bits per heavy atom.